The Bertz CT molecular complexity index is 1170. The van der Waals surface area contributed by atoms with Crippen molar-refractivity contribution in [3.8, 4) is 0 Å². The summed E-state index contributed by atoms with van der Waals surface area (Å²) in [6.07, 6.45) is 0.803. The van der Waals surface area contributed by atoms with Crippen molar-refractivity contribution >= 4 is 34.8 Å². The summed E-state index contributed by atoms with van der Waals surface area (Å²) < 4.78 is 44.0. The lowest BCUT2D eigenvalue weighted by Crippen LogP contribution is -2.24. The van der Waals surface area contributed by atoms with Crippen molar-refractivity contribution in [1.82, 2.24) is 15.0 Å². The van der Waals surface area contributed by atoms with Crippen LogP contribution in [0.4, 0.5) is 30.5 Å². The van der Waals surface area contributed by atoms with Gasteiger partial charge in [-0.2, -0.15) is 13.2 Å². The van der Waals surface area contributed by atoms with Crippen molar-refractivity contribution in [3.63, 3.8) is 0 Å². The molecule has 0 bridgehead atoms. The van der Waals surface area contributed by atoms with Gasteiger partial charge >= 0.3 is 6.18 Å². The largest absolute Gasteiger partial charge is 0.417 e. The highest BCUT2D eigenvalue weighted by Crippen LogP contribution is 2.40. The van der Waals surface area contributed by atoms with Crippen molar-refractivity contribution in [1.29, 1.82) is 0 Å². The number of nitrogens with one attached hydrogen (secondary N) is 2. The van der Waals surface area contributed by atoms with Crippen LogP contribution in [0.3, 0.4) is 0 Å². The fraction of sp³-hybridized carbons (Fsp3) is 0.273. The van der Waals surface area contributed by atoms with E-state index in [4.69, 9.17) is 16.3 Å². The molecule has 0 aromatic carbocycles. The van der Waals surface area contributed by atoms with Crippen LogP contribution in [0, 0.1) is 0 Å². The molecule has 1 unspecified atom stereocenters. The molecule has 33 heavy (non-hydrogen) atoms. The Kier molecular flexibility index (Phi) is 6.22. The van der Waals surface area contributed by atoms with E-state index in [-0.39, 0.29) is 17.2 Å². The van der Waals surface area contributed by atoms with Crippen LogP contribution < -0.4 is 10.6 Å². The second-order valence-electron chi connectivity index (χ2n) is 7.67. The SMILES string of the molecule is CC1(c2cc(Cl)ncc2NC(=O)c2ccnc(Nc3ccc(C(F)(F)F)cn3)c2)CCCO1. The Balaban J connectivity index is 1.52. The fourth-order valence-electron chi connectivity index (χ4n) is 3.56. The molecular formula is C22H19ClF3N5O2. The van der Waals surface area contributed by atoms with Crippen molar-refractivity contribution in [2.45, 2.75) is 31.5 Å². The molecule has 1 fully saturated rings. The number of aromatic nitrogens is 3. The molecule has 2 N–H and O–H groups in total. The number of ether oxygens (including phenoxy) is 1. The number of carbonyl (C=O) groups excluding carboxylic acids is 1. The van der Waals surface area contributed by atoms with Gasteiger partial charge in [-0.15, -0.1) is 0 Å². The Labute approximate surface area is 192 Å². The van der Waals surface area contributed by atoms with Crippen LogP contribution in [0.15, 0.2) is 48.9 Å². The Morgan fingerprint density at radius 2 is 1.94 bits per heavy atom. The van der Waals surface area contributed by atoms with Gasteiger partial charge in [-0.05, 0) is 50.1 Å². The number of alkyl halides is 3. The van der Waals surface area contributed by atoms with Gasteiger partial charge in [0.1, 0.15) is 16.8 Å². The normalized spacial score (nSPS) is 18.2. The number of hydrogen-bond acceptors (Lipinski definition) is 6. The van der Waals surface area contributed by atoms with Gasteiger partial charge in [0, 0.05) is 30.1 Å². The average Bonchev–Trinajstić information content (AvgIpc) is 3.22. The molecule has 1 saturated heterocycles. The minimum absolute atomic E-state index is 0.156. The Hall–Kier alpha value is -3.24. The maximum absolute atomic E-state index is 12.9. The van der Waals surface area contributed by atoms with E-state index >= 15 is 0 Å². The van der Waals surface area contributed by atoms with Gasteiger partial charge in [0.05, 0.1) is 23.0 Å². The molecular weight excluding hydrogens is 459 g/mol. The maximum atomic E-state index is 12.9. The van der Waals surface area contributed by atoms with Gasteiger partial charge < -0.3 is 15.4 Å². The Morgan fingerprint density at radius 3 is 2.61 bits per heavy atom. The van der Waals surface area contributed by atoms with E-state index in [1.54, 1.807) is 6.07 Å². The molecule has 11 heteroatoms. The van der Waals surface area contributed by atoms with Crippen molar-refractivity contribution in [3.05, 3.63) is 70.8 Å². The minimum atomic E-state index is -4.47. The number of anilines is 3. The lowest BCUT2D eigenvalue weighted by atomic mass is 9.92. The molecule has 7 nitrogen and oxygen atoms in total. The predicted octanol–water partition coefficient (Wildman–Crippen LogP) is 5.57. The summed E-state index contributed by atoms with van der Waals surface area (Å²) in [7, 11) is 0. The van der Waals surface area contributed by atoms with E-state index in [9.17, 15) is 18.0 Å². The third-order valence-corrected chi connectivity index (χ3v) is 5.48. The van der Waals surface area contributed by atoms with E-state index in [2.05, 4.69) is 25.6 Å². The second kappa shape index (κ2) is 8.95. The highest BCUT2D eigenvalue weighted by Gasteiger charge is 2.35. The highest BCUT2D eigenvalue weighted by atomic mass is 35.5. The number of rotatable bonds is 5. The molecule has 4 heterocycles. The third-order valence-electron chi connectivity index (χ3n) is 5.28. The van der Waals surface area contributed by atoms with Gasteiger partial charge in [-0.25, -0.2) is 15.0 Å². The number of amides is 1. The smallest absolute Gasteiger partial charge is 0.371 e. The van der Waals surface area contributed by atoms with Crippen LogP contribution in [-0.2, 0) is 16.5 Å². The first-order valence-electron chi connectivity index (χ1n) is 10.0. The van der Waals surface area contributed by atoms with Crippen LogP contribution in [0.5, 0.6) is 0 Å². The molecule has 4 rings (SSSR count). The second-order valence-corrected chi connectivity index (χ2v) is 8.06. The monoisotopic (exact) mass is 477 g/mol. The molecule has 3 aromatic rings. The molecule has 1 amide bonds. The summed E-state index contributed by atoms with van der Waals surface area (Å²) in [6.45, 7) is 2.55. The lowest BCUT2D eigenvalue weighted by molar-refractivity contribution is -0.137. The average molecular weight is 478 g/mol. The molecule has 1 aliphatic heterocycles. The molecule has 1 aliphatic rings. The predicted molar refractivity (Wildman–Crippen MR) is 116 cm³/mol. The van der Waals surface area contributed by atoms with Gasteiger partial charge in [-0.1, -0.05) is 11.6 Å². The molecule has 1 atom stereocenters. The standard InChI is InChI=1S/C22H19ClF3N5O2/c1-21(6-2-8-33-21)15-10-17(23)28-12-16(15)30-20(32)13-5-7-27-19(9-13)31-18-4-3-14(11-29-18)22(24,25)26/h3-5,7,9-12H,2,6,8H2,1H3,(H,30,32)(H,27,29,31). The van der Waals surface area contributed by atoms with Crippen molar-refractivity contribution in [2.24, 2.45) is 0 Å². The van der Waals surface area contributed by atoms with Crippen molar-refractivity contribution in [2.75, 3.05) is 17.2 Å². The zero-order valence-corrected chi connectivity index (χ0v) is 18.2. The summed E-state index contributed by atoms with van der Waals surface area (Å²) in [4.78, 5) is 24.8. The van der Waals surface area contributed by atoms with Crippen molar-refractivity contribution < 1.29 is 22.7 Å². The summed E-state index contributed by atoms with van der Waals surface area (Å²) in [5.41, 5.74) is 0.0347. The summed E-state index contributed by atoms with van der Waals surface area (Å²) in [5.74, 6) is -0.0215. The van der Waals surface area contributed by atoms with Crippen LogP contribution in [0.1, 0.15) is 41.3 Å². The van der Waals surface area contributed by atoms with E-state index in [0.29, 0.717) is 17.4 Å². The van der Waals surface area contributed by atoms with E-state index in [1.807, 2.05) is 6.92 Å². The van der Waals surface area contributed by atoms with E-state index < -0.39 is 23.2 Å². The summed E-state index contributed by atoms with van der Waals surface area (Å²) >= 11 is 6.08. The molecule has 3 aromatic heterocycles. The van der Waals surface area contributed by atoms with Gasteiger partial charge in [-0.3, -0.25) is 4.79 Å². The number of nitrogens with zero attached hydrogens (tertiary/aromatic N) is 3. The maximum Gasteiger partial charge on any atom is 0.417 e. The first kappa shape index (κ1) is 22.9. The molecule has 0 saturated carbocycles. The lowest BCUT2D eigenvalue weighted by Gasteiger charge is -2.26. The van der Waals surface area contributed by atoms with Gasteiger partial charge in [0.15, 0.2) is 0 Å². The number of hydrogen-bond donors (Lipinski definition) is 2. The number of halogens is 4. The van der Waals surface area contributed by atoms with E-state index in [0.717, 1.165) is 30.7 Å². The van der Waals surface area contributed by atoms with Crippen LogP contribution in [-0.4, -0.2) is 27.5 Å². The van der Waals surface area contributed by atoms with Crippen LogP contribution >= 0.6 is 11.6 Å². The highest BCUT2D eigenvalue weighted by molar-refractivity contribution is 6.29. The van der Waals surface area contributed by atoms with Crippen LogP contribution in [0.2, 0.25) is 5.15 Å². The number of carbonyl (C=O) groups is 1. The molecule has 172 valence electrons. The Morgan fingerprint density at radius 1 is 1.12 bits per heavy atom. The topological polar surface area (TPSA) is 89.0 Å². The third kappa shape index (κ3) is 5.23. The zero-order chi connectivity index (χ0) is 23.6. The summed E-state index contributed by atoms with van der Waals surface area (Å²) in [5, 5.41) is 5.92. The minimum Gasteiger partial charge on any atom is -0.371 e. The van der Waals surface area contributed by atoms with Gasteiger partial charge in [0.2, 0.25) is 0 Å². The first-order chi connectivity index (χ1) is 15.6. The molecule has 0 spiro atoms. The quantitative estimate of drug-likeness (QED) is 0.467. The van der Waals surface area contributed by atoms with E-state index in [1.165, 1.54) is 30.6 Å². The molecule has 0 aliphatic carbocycles. The molecule has 0 radical (unpaired) electrons. The fourth-order valence-corrected chi connectivity index (χ4v) is 3.72. The van der Waals surface area contributed by atoms with Gasteiger partial charge in [0.25, 0.3) is 5.91 Å². The summed E-state index contributed by atoms with van der Waals surface area (Å²) in [6, 6.07) is 6.75. The first-order valence-corrected chi connectivity index (χ1v) is 10.4. The number of pyridine rings is 3. The van der Waals surface area contributed by atoms with Crippen LogP contribution in [0.25, 0.3) is 0 Å². The zero-order valence-electron chi connectivity index (χ0n) is 17.4.